The minimum absolute atomic E-state index is 0.0916. The maximum absolute atomic E-state index is 12.6. The minimum atomic E-state index is -3.65. The van der Waals surface area contributed by atoms with Crippen LogP contribution in [0, 0.1) is 13.8 Å². The molecule has 0 spiro atoms. The third-order valence-corrected chi connectivity index (χ3v) is 6.39. The number of hydrogen-bond acceptors (Lipinski definition) is 6. The molecule has 0 N–H and O–H groups in total. The molecular formula is C25H29NO5S. The molecule has 6 nitrogen and oxygen atoms in total. The van der Waals surface area contributed by atoms with Crippen LogP contribution in [0.3, 0.4) is 0 Å². The van der Waals surface area contributed by atoms with Gasteiger partial charge in [0.25, 0.3) is 0 Å². The predicted molar refractivity (Wildman–Crippen MR) is 124 cm³/mol. The molecule has 0 aliphatic rings. The van der Waals surface area contributed by atoms with Gasteiger partial charge in [-0.3, -0.25) is 4.79 Å². The molecule has 2 aromatic carbocycles. The number of Topliss-reactive ketones (excluding diaryl/α,β-unsaturated/α-hetero) is 1. The Balaban J connectivity index is 1.56. The van der Waals surface area contributed by atoms with Crippen LogP contribution in [-0.4, -0.2) is 31.0 Å². The van der Waals surface area contributed by atoms with Crippen molar-refractivity contribution in [3.05, 3.63) is 71.1 Å². The van der Waals surface area contributed by atoms with Crippen LogP contribution in [0.25, 0.3) is 11.5 Å². The highest BCUT2D eigenvalue weighted by Crippen LogP contribution is 2.23. The van der Waals surface area contributed by atoms with E-state index in [1.165, 1.54) is 0 Å². The van der Waals surface area contributed by atoms with Gasteiger partial charge in [-0.25, -0.2) is 13.4 Å². The van der Waals surface area contributed by atoms with E-state index in [1.807, 2.05) is 69.3 Å². The Labute approximate surface area is 189 Å². The number of ketones is 1. The van der Waals surface area contributed by atoms with Gasteiger partial charge in [0.2, 0.25) is 5.89 Å². The molecule has 0 amide bonds. The molecule has 0 aliphatic heterocycles. The van der Waals surface area contributed by atoms with Crippen molar-refractivity contribution in [3.63, 3.8) is 0 Å². The Hall–Kier alpha value is -2.93. The first-order valence-corrected chi connectivity index (χ1v) is 12.4. The fourth-order valence-corrected chi connectivity index (χ4v) is 4.67. The van der Waals surface area contributed by atoms with Crippen molar-refractivity contribution in [2.24, 2.45) is 0 Å². The molecule has 7 heteroatoms. The highest BCUT2D eigenvalue weighted by molar-refractivity contribution is 7.91. The van der Waals surface area contributed by atoms with Crippen molar-refractivity contribution < 1.29 is 22.4 Å². The second-order valence-corrected chi connectivity index (χ2v) is 10.3. The Kier molecular flexibility index (Phi) is 7.51. The maximum atomic E-state index is 12.6. The number of rotatable bonds is 10. The number of oxazole rings is 1. The number of aromatic nitrogens is 1. The molecule has 3 aromatic rings. The van der Waals surface area contributed by atoms with Crippen molar-refractivity contribution in [2.75, 3.05) is 5.75 Å². The Morgan fingerprint density at radius 1 is 1.03 bits per heavy atom. The quantitative estimate of drug-likeness (QED) is 0.434. The summed E-state index contributed by atoms with van der Waals surface area (Å²) in [5.74, 6) is 0.455. The zero-order valence-corrected chi connectivity index (χ0v) is 19.7. The fourth-order valence-electron chi connectivity index (χ4n) is 3.25. The largest absolute Gasteiger partial charge is 0.491 e. The standard InChI is InChI=1S/C25H29NO5S/c1-17(2)30-23-13-8-20(9-14-23)7-12-22(27)15-32(28,29)16-24-19(4)31-25(26-24)21-10-5-18(3)6-11-21/h5-6,8-11,13-14,17H,7,12,15-16H2,1-4H3. The normalized spacial score (nSPS) is 11.7. The number of carbonyl (C=O) groups excluding carboxylic acids is 1. The van der Waals surface area contributed by atoms with E-state index >= 15 is 0 Å². The molecule has 3 rings (SSSR count). The number of ether oxygens (including phenoxy) is 1. The average molecular weight is 456 g/mol. The first-order chi connectivity index (χ1) is 15.1. The lowest BCUT2D eigenvalue weighted by molar-refractivity contribution is -0.116. The van der Waals surface area contributed by atoms with Gasteiger partial charge in [0, 0.05) is 12.0 Å². The van der Waals surface area contributed by atoms with Crippen molar-refractivity contribution in [1.82, 2.24) is 4.98 Å². The Bertz CT molecular complexity index is 1160. The highest BCUT2D eigenvalue weighted by atomic mass is 32.2. The predicted octanol–water partition coefficient (Wildman–Crippen LogP) is 4.86. The van der Waals surface area contributed by atoms with Gasteiger partial charge in [0.15, 0.2) is 9.84 Å². The molecule has 0 fully saturated rings. The molecule has 0 saturated heterocycles. The van der Waals surface area contributed by atoms with Crippen LogP contribution in [0.5, 0.6) is 5.75 Å². The fraction of sp³-hybridized carbons (Fsp3) is 0.360. The number of benzene rings is 2. The molecule has 0 unspecified atom stereocenters. The van der Waals surface area contributed by atoms with Gasteiger partial charge in [-0.05, 0) is 63.9 Å². The van der Waals surface area contributed by atoms with Crippen LogP contribution >= 0.6 is 0 Å². The zero-order valence-electron chi connectivity index (χ0n) is 18.9. The summed E-state index contributed by atoms with van der Waals surface area (Å²) in [5.41, 5.74) is 3.19. The minimum Gasteiger partial charge on any atom is -0.491 e. The van der Waals surface area contributed by atoms with Crippen LogP contribution in [0.2, 0.25) is 0 Å². The lowest BCUT2D eigenvalue weighted by atomic mass is 10.1. The smallest absolute Gasteiger partial charge is 0.226 e. The van der Waals surface area contributed by atoms with E-state index in [1.54, 1.807) is 6.92 Å². The van der Waals surface area contributed by atoms with Crippen LogP contribution in [0.1, 0.15) is 42.8 Å². The van der Waals surface area contributed by atoms with Gasteiger partial charge in [-0.2, -0.15) is 0 Å². The van der Waals surface area contributed by atoms with E-state index in [0.717, 1.165) is 22.4 Å². The third-order valence-electron chi connectivity index (χ3n) is 4.92. The zero-order chi connectivity index (χ0) is 23.3. The first kappa shape index (κ1) is 23.7. The van der Waals surface area contributed by atoms with Gasteiger partial charge in [0.05, 0.1) is 17.6 Å². The summed E-state index contributed by atoms with van der Waals surface area (Å²) in [7, 11) is -3.65. The molecule has 0 bridgehead atoms. The number of hydrogen-bond donors (Lipinski definition) is 0. The van der Waals surface area contributed by atoms with Gasteiger partial charge >= 0.3 is 0 Å². The Morgan fingerprint density at radius 2 is 1.69 bits per heavy atom. The van der Waals surface area contributed by atoms with Crippen LogP contribution in [0.4, 0.5) is 0 Å². The number of nitrogens with zero attached hydrogens (tertiary/aromatic N) is 1. The number of carbonyl (C=O) groups is 1. The summed E-state index contributed by atoms with van der Waals surface area (Å²) in [6.07, 6.45) is 0.737. The molecule has 0 atom stereocenters. The van der Waals surface area contributed by atoms with E-state index in [2.05, 4.69) is 4.98 Å². The average Bonchev–Trinajstić information content (AvgIpc) is 3.06. The van der Waals surface area contributed by atoms with Crippen LogP contribution in [0.15, 0.2) is 52.9 Å². The first-order valence-electron chi connectivity index (χ1n) is 10.6. The van der Waals surface area contributed by atoms with Gasteiger partial charge in [-0.1, -0.05) is 29.8 Å². The van der Waals surface area contributed by atoms with E-state index in [9.17, 15) is 13.2 Å². The van der Waals surface area contributed by atoms with Crippen molar-refractivity contribution in [2.45, 2.75) is 52.4 Å². The molecule has 1 heterocycles. The number of sulfone groups is 1. The summed E-state index contributed by atoms with van der Waals surface area (Å²) in [6, 6.07) is 15.1. The lowest BCUT2D eigenvalue weighted by Crippen LogP contribution is -2.18. The molecule has 0 saturated carbocycles. The summed E-state index contributed by atoms with van der Waals surface area (Å²) >= 11 is 0. The maximum Gasteiger partial charge on any atom is 0.226 e. The monoisotopic (exact) mass is 455 g/mol. The molecular weight excluding hydrogens is 426 g/mol. The van der Waals surface area contributed by atoms with E-state index in [0.29, 0.717) is 23.8 Å². The van der Waals surface area contributed by atoms with Crippen LogP contribution in [-0.2, 0) is 26.8 Å². The van der Waals surface area contributed by atoms with Gasteiger partial charge in [0.1, 0.15) is 23.0 Å². The van der Waals surface area contributed by atoms with Crippen molar-refractivity contribution >= 4 is 15.6 Å². The third kappa shape index (κ3) is 6.79. The van der Waals surface area contributed by atoms with E-state index in [4.69, 9.17) is 9.15 Å². The van der Waals surface area contributed by atoms with Gasteiger partial charge < -0.3 is 9.15 Å². The highest BCUT2D eigenvalue weighted by Gasteiger charge is 2.22. The molecule has 32 heavy (non-hydrogen) atoms. The topological polar surface area (TPSA) is 86.5 Å². The molecule has 0 aliphatic carbocycles. The summed E-state index contributed by atoms with van der Waals surface area (Å²) in [6.45, 7) is 7.58. The summed E-state index contributed by atoms with van der Waals surface area (Å²) < 4.78 is 36.4. The second-order valence-electron chi connectivity index (χ2n) is 8.27. The van der Waals surface area contributed by atoms with E-state index in [-0.39, 0.29) is 24.1 Å². The summed E-state index contributed by atoms with van der Waals surface area (Å²) in [5, 5.41) is 0. The lowest BCUT2D eigenvalue weighted by Gasteiger charge is -2.10. The Morgan fingerprint density at radius 3 is 2.31 bits per heavy atom. The van der Waals surface area contributed by atoms with Crippen molar-refractivity contribution in [1.29, 1.82) is 0 Å². The van der Waals surface area contributed by atoms with E-state index < -0.39 is 15.6 Å². The van der Waals surface area contributed by atoms with Crippen LogP contribution < -0.4 is 4.74 Å². The summed E-state index contributed by atoms with van der Waals surface area (Å²) in [4.78, 5) is 16.7. The van der Waals surface area contributed by atoms with Gasteiger partial charge in [-0.15, -0.1) is 0 Å². The second kappa shape index (κ2) is 10.1. The molecule has 1 aromatic heterocycles. The molecule has 0 radical (unpaired) electrons. The molecule has 170 valence electrons. The van der Waals surface area contributed by atoms with Crippen molar-refractivity contribution in [3.8, 4) is 17.2 Å². The SMILES string of the molecule is Cc1ccc(-c2nc(CS(=O)(=O)CC(=O)CCc3ccc(OC(C)C)cc3)c(C)o2)cc1. The number of aryl methyl sites for hydroxylation is 3.